The molecule has 2 rings (SSSR count). The van der Waals surface area contributed by atoms with E-state index in [0.717, 1.165) is 5.56 Å². The molecular weight excluding hydrogens is 268 g/mol. The van der Waals surface area contributed by atoms with Crippen molar-refractivity contribution >= 4 is 5.91 Å². The van der Waals surface area contributed by atoms with Crippen LogP contribution in [0.3, 0.4) is 0 Å². The first-order valence-corrected chi connectivity index (χ1v) is 6.48. The Morgan fingerprint density at radius 3 is 2.62 bits per heavy atom. The Kier molecular flexibility index (Phi) is 4.23. The molecule has 0 aliphatic carbocycles. The number of benzene rings is 1. The third-order valence-electron chi connectivity index (χ3n) is 3.04. The monoisotopic (exact) mass is 284 g/mol. The Morgan fingerprint density at radius 1 is 1.38 bits per heavy atom. The van der Waals surface area contributed by atoms with Gasteiger partial charge in [-0.25, -0.2) is 0 Å². The lowest BCUT2D eigenvalue weighted by Crippen LogP contribution is -2.34. The van der Waals surface area contributed by atoms with Gasteiger partial charge in [-0.2, -0.15) is 0 Å². The van der Waals surface area contributed by atoms with Crippen LogP contribution in [0.2, 0.25) is 0 Å². The topological polar surface area (TPSA) is 82.2 Å². The van der Waals surface area contributed by atoms with E-state index in [0.29, 0.717) is 5.69 Å². The van der Waals surface area contributed by atoms with Crippen LogP contribution >= 0.6 is 0 Å². The van der Waals surface area contributed by atoms with E-state index in [4.69, 9.17) is 0 Å². The highest BCUT2D eigenvalue weighted by molar-refractivity contribution is 5.97. The van der Waals surface area contributed by atoms with Crippen LogP contribution in [-0.2, 0) is 0 Å². The van der Waals surface area contributed by atoms with Crippen LogP contribution in [0.5, 0.6) is 5.75 Å². The maximum Gasteiger partial charge on any atom is 0.265 e. The smallest absolute Gasteiger partial charge is 0.265 e. The molecule has 0 saturated carbocycles. The molecule has 0 aliphatic rings. The minimum atomic E-state index is -0.638. The number of aromatic hydroxyl groups is 1. The summed E-state index contributed by atoms with van der Waals surface area (Å²) in [7, 11) is 0. The lowest BCUT2D eigenvalue weighted by Gasteiger charge is -2.10. The summed E-state index contributed by atoms with van der Waals surface area (Å²) in [6.45, 7) is 5.26. The molecule has 1 amide bonds. The normalized spacial score (nSPS) is 11.7. The molecule has 1 heterocycles. The van der Waals surface area contributed by atoms with Crippen molar-refractivity contribution < 1.29 is 9.90 Å². The molecular formula is C16H16N2O3. The summed E-state index contributed by atoms with van der Waals surface area (Å²) in [5, 5.41) is 12.5. The predicted molar refractivity (Wildman–Crippen MR) is 81.3 cm³/mol. The zero-order valence-electron chi connectivity index (χ0n) is 11.6. The fraction of sp³-hybridized carbons (Fsp3) is 0.125. The van der Waals surface area contributed by atoms with Gasteiger partial charge in [0, 0.05) is 12.1 Å². The van der Waals surface area contributed by atoms with Gasteiger partial charge in [-0.15, -0.1) is 6.58 Å². The second kappa shape index (κ2) is 6.09. The van der Waals surface area contributed by atoms with Gasteiger partial charge in [-0.3, -0.25) is 9.59 Å². The van der Waals surface area contributed by atoms with E-state index in [1.807, 2.05) is 18.2 Å². The summed E-state index contributed by atoms with van der Waals surface area (Å²) in [5.41, 5.74) is 0.258. The van der Waals surface area contributed by atoms with Crippen LogP contribution in [0.1, 0.15) is 17.3 Å². The third kappa shape index (κ3) is 3.20. The van der Waals surface area contributed by atoms with Crippen LogP contribution < -0.4 is 10.9 Å². The van der Waals surface area contributed by atoms with Gasteiger partial charge in [0.05, 0.1) is 5.69 Å². The van der Waals surface area contributed by atoms with E-state index in [1.54, 1.807) is 19.1 Å². The Morgan fingerprint density at radius 2 is 2.05 bits per heavy atom. The molecule has 108 valence electrons. The highest BCUT2D eigenvalue weighted by Crippen LogP contribution is 2.21. The predicted octanol–water partition coefficient (Wildman–Crippen LogP) is 2.05. The van der Waals surface area contributed by atoms with Crippen LogP contribution in [0.15, 0.2) is 53.8 Å². The van der Waals surface area contributed by atoms with Crippen LogP contribution in [0.4, 0.5) is 0 Å². The molecule has 1 aromatic heterocycles. The maximum absolute atomic E-state index is 12.0. The Labute approximate surface area is 122 Å². The molecule has 0 unspecified atom stereocenters. The van der Waals surface area contributed by atoms with Gasteiger partial charge < -0.3 is 15.4 Å². The third-order valence-corrected chi connectivity index (χ3v) is 3.04. The van der Waals surface area contributed by atoms with Crippen molar-refractivity contribution in [1.82, 2.24) is 10.3 Å². The number of nitrogens with one attached hydrogen (secondary N) is 2. The Balaban J connectivity index is 2.41. The van der Waals surface area contributed by atoms with Crippen molar-refractivity contribution in [2.45, 2.75) is 13.0 Å². The fourth-order valence-electron chi connectivity index (χ4n) is 1.88. The number of carbonyl (C=O) groups excluding carboxylic acids is 1. The fourth-order valence-corrected chi connectivity index (χ4v) is 1.88. The van der Waals surface area contributed by atoms with Crippen molar-refractivity contribution in [2.24, 2.45) is 0 Å². The second-order valence-electron chi connectivity index (χ2n) is 4.64. The number of aromatic amines is 1. The molecule has 0 bridgehead atoms. The van der Waals surface area contributed by atoms with Gasteiger partial charge in [-0.05, 0) is 12.5 Å². The van der Waals surface area contributed by atoms with Gasteiger partial charge in [0.25, 0.3) is 11.5 Å². The summed E-state index contributed by atoms with van der Waals surface area (Å²) in [4.78, 5) is 26.6. The van der Waals surface area contributed by atoms with E-state index in [2.05, 4.69) is 16.9 Å². The van der Waals surface area contributed by atoms with Gasteiger partial charge in [-0.1, -0.05) is 36.4 Å². The zero-order chi connectivity index (χ0) is 15.4. The average molecular weight is 284 g/mol. The first kappa shape index (κ1) is 14.6. The van der Waals surface area contributed by atoms with Crippen molar-refractivity contribution in [3.63, 3.8) is 0 Å². The number of hydrogen-bond donors (Lipinski definition) is 3. The number of H-pyrrole nitrogens is 1. The number of hydrogen-bond acceptors (Lipinski definition) is 3. The summed E-state index contributed by atoms with van der Waals surface area (Å²) < 4.78 is 0. The van der Waals surface area contributed by atoms with E-state index < -0.39 is 11.5 Å². The first-order chi connectivity index (χ1) is 10.0. The molecule has 3 N–H and O–H groups in total. The largest absolute Gasteiger partial charge is 0.507 e. The molecule has 5 nitrogen and oxygen atoms in total. The number of pyridine rings is 1. The molecule has 1 aromatic carbocycles. The maximum atomic E-state index is 12.0. The average Bonchev–Trinajstić information content (AvgIpc) is 2.47. The van der Waals surface area contributed by atoms with Crippen molar-refractivity contribution in [1.29, 1.82) is 0 Å². The van der Waals surface area contributed by atoms with Gasteiger partial charge in [0.1, 0.15) is 11.3 Å². The highest BCUT2D eigenvalue weighted by Gasteiger charge is 2.18. The lowest BCUT2D eigenvalue weighted by molar-refractivity contribution is 0.0942. The van der Waals surface area contributed by atoms with Crippen molar-refractivity contribution in [3.05, 3.63) is 65.0 Å². The molecule has 0 spiro atoms. The first-order valence-electron chi connectivity index (χ1n) is 6.48. The van der Waals surface area contributed by atoms with E-state index in [9.17, 15) is 14.7 Å². The summed E-state index contributed by atoms with van der Waals surface area (Å²) in [6.07, 6.45) is 1.53. The second-order valence-corrected chi connectivity index (χ2v) is 4.64. The van der Waals surface area contributed by atoms with E-state index >= 15 is 0 Å². The Bertz CT molecular complexity index is 720. The number of aromatic nitrogens is 1. The standard InChI is InChI=1S/C16H16N2O3/c1-3-10(2)17-15(20)14-13(19)9-12(18-16(14)21)11-7-5-4-6-8-11/h3-10H,1H2,2H3,(H,17,20)(H2,18,19,21)/t10-/m0/s1. The zero-order valence-corrected chi connectivity index (χ0v) is 11.6. The van der Waals surface area contributed by atoms with Crippen LogP contribution in [0, 0.1) is 0 Å². The molecule has 2 aromatic rings. The molecule has 1 atom stereocenters. The van der Waals surface area contributed by atoms with Crippen LogP contribution in [-0.4, -0.2) is 22.0 Å². The molecule has 0 saturated heterocycles. The summed E-state index contributed by atoms with van der Waals surface area (Å²) in [5.74, 6) is -0.993. The minimum Gasteiger partial charge on any atom is -0.507 e. The minimum absolute atomic E-state index is 0.301. The van der Waals surface area contributed by atoms with Gasteiger partial charge in [0.15, 0.2) is 0 Å². The molecule has 0 radical (unpaired) electrons. The number of rotatable bonds is 4. The molecule has 5 heteroatoms. The van der Waals surface area contributed by atoms with Crippen molar-refractivity contribution in [3.8, 4) is 17.0 Å². The van der Waals surface area contributed by atoms with Gasteiger partial charge in [0.2, 0.25) is 0 Å². The van der Waals surface area contributed by atoms with E-state index in [1.165, 1.54) is 12.1 Å². The highest BCUT2D eigenvalue weighted by atomic mass is 16.3. The van der Waals surface area contributed by atoms with Gasteiger partial charge >= 0.3 is 0 Å². The number of amides is 1. The summed E-state index contributed by atoms with van der Waals surface area (Å²) in [6, 6.07) is 10.1. The van der Waals surface area contributed by atoms with E-state index in [-0.39, 0.29) is 17.4 Å². The van der Waals surface area contributed by atoms with Crippen LogP contribution in [0.25, 0.3) is 11.3 Å². The summed E-state index contributed by atoms with van der Waals surface area (Å²) >= 11 is 0. The molecule has 0 fully saturated rings. The molecule has 21 heavy (non-hydrogen) atoms. The quantitative estimate of drug-likeness (QED) is 0.751. The SMILES string of the molecule is C=C[C@H](C)NC(=O)c1c(O)cc(-c2ccccc2)[nH]c1=O. The van der Waals surface area contributed by atoms with Crippen molar-refractivity contribution in [2.75, 3.05) is 0 Å². The lowest BCUT2D eigenvalue weighted by atomic mass is 10.1. The Hall–Kier alpha value is -2.82. The number of carbonyl (C=O) groups is 1. The molecule has 0 aliphatic heterocycles.